The van der Waals surface area contributed by atoms with Crippen LogP contribution in [-0.2, 0) is 16.1 Å². The fourth-order valence-electron chi connectivity index (χ4n) is 1.49. The topological polar surface area (TPSA) is 110 Å². The number of nitrogens with one attached hydrogen (secondary N) is 2. The van der Waals surface area contributed by atoms with Gasteiger partial charge in [0.05, 0.1) is 18.7 Å². The lowest BCUT2D eigenvalue weighted by Crippen LogP contribution is -2.23. The molecule has 106 valence electrons. The smallest absolute Gasteiger partial charge is 0.259 e. The highest BCUT2D eigenvalue weighted by Crippen LogP contribution is 2.09. The summed E-state index contributed by atoms with van der Waals surface area (Å²) in [6.45, 7) is 0.459. The number of ether oxygens (including phenoxy) is 1. The molecule has 0 unspecified atom stereocenters. The number of aromatic amines is 1. The Morgan fingerprint density at radius 3 is 3.15 bits per heavy atom. The third-order valence-electron chi connectivity index (χ3n) is 2.50. The van der Waals surface area contributed by atoms with Crippen molar-refractivity contribution in [1.82, 2.24) is 20.4 Å². The van der Waals surface area contributed by atoms with E-state index in [9.17, 15) is 9.59 Å². The van der Waals surface area contributed by atoms with Crippen molar-refractivity contribution in [3.8, 4) is 11.4 Å². The summed E-state index contributed by atoms with van der Waals surface area (Å²) in [5.41, 5.74) is 0.0113. The first-order valence-corrected chi connectivity index (χ1v) is 5.97. The molecule has 1 amide bonds. The standard InChI is InChI=1S/C12H14N4O4/c1-19-6-4-9(17)14-7-10-15-11(16-20-10)8-3-2-5-13-12(8)18/h2-3,5H,4,6-7H2,1H3,(H,13,18)(H,14,17). The lowest BCUT2D eigenvalue weighted by atomic mass is 10.3. The lowest BCUT2D eigenvalue weighted by molar-refractivity contribution is -0.122. The van der Waals surface area contributed by atoms with Gasteiger partial charge in [-0.2, -0.15) is 4.98 Å². The number of nitrogens with zero attached hydrogens (tertiary/aromatic N) is 2. The van der Waals surface area contributed by atoms with Crippen LogP contribution in [0.3, 0.4) is 0 Å². The minimum absolute atomic E-state index is 0.111. The first-order valence-electron chi connectivity index (χ1n) is 5.97. The molecule has 0 aliphatic rings. The van der Waals surface area contributed by atoms with E-state index >= 15 is 0 Å². The van der Waals surface area contributed by atoms with Crippen molar-refractivity contribution in [1.29, 1.82) is 0 Å². The second-order valence-corrected chi connectivity index (χ2v) is 3.94. The van der Waals surface area contributed by atoms with Crippen LogP contribution in [0.15, 0.2) is 27.6 Å². The van der Waals surface area contributed by atoms with Crippen LogP contribution in [0.1, 0.15) is 12.3 Å². The Morgan fingerprint density at radius 1 is 1.55 bits per heavy atom. The number of carbonyl (C=O) groups excluding carboxylic acids is 1. The Hall–Kier alpha value is -2.48. The maximum atomic E-state index is 11.6. The fourth-order valence-corrected chi connectivity index (χ4v) is 1.49. The normalized spacial score (nSPS) is 10.4. The molecule has 0 aromatic carbocycles. The van der Waals surface area contributed by atoms with Crippen LogP contribution >= 0.6 is 0 Å². The summed E-state index contributed by atoms with van der Waals surface area (Å²) >= 11 is 0. The van der Waals surface area contributed by atoms with Crippen molar-refractivity contribution in [2.75, 3.05) is 13.7 Å². The van der Waals surface area contributed by atoms with Crippen LogP contribution < -0.4 is 10.9 Å². The molecule has 0 aliphatic heterocycles. The number of amides is 1. The number of hydrogen-bond acceptors (Lipinski definition) is 6. The first-order chi connectivity index (χ1) is 9.70. The lowest BCUT2D eigenvalue weighted by Gasteiger charge is -2.00. The van der Waals surface area contributed by atoms with Crippen LogP contribution in [0.2, 0.25) is 0 Å². The van der Waals surface area contributed by atoms with Crippen molar-refractivity contribution in [3.63, 3.8) is 0 Å². The summed E-state index contributed by atoms with van der Waals surface area (Å²) in [6.07, 6.45) is 1.78. The van der Waals surface area contributed by atoms with Crippen LogP contribution in [-0.4, -0.2) is 34.7 Å². The largest absolute Gasteiger partial charge is 0.384 e. The fraction of sp³-hybridized carbons (Fsp3) is 0.333. The third kappa shape index (κ3) is 3.51. The van der Waals surface area contributed by atoms with E-state index in [2.05, 4.69) is 20.4 Å². The molecule has 0 saturated heterocycles. The van der Waals surface area contributed by atoms with E-state index in [1.165, 1.54) is 13.3 Å². The molecule has 2 N–H and O–H groups in total. The zero-order valence-electron chi connectivity index (χ0n) is 10.9. The van der Waals surface area contributed by atoms with Gasteiger partial charge in [-0.05, 0) is 12.1 Å². The molecule has 2 aromatic heterocycles. The summed E-state index contributed by atoms with van der Waals surface area (Å²) < 4.78 is 9.76. The SMILES string of the molecule is COCCC(=O)NCc1nc(-c2ccc[nH]c2=O)no1. The summed E-state index contributed by atoms with van der Waals surface area (Å²) in [5.74, 6) is 0.242. The van der Waals surface area contributed by atoms with Gasteiger partial charge in [0.1, 0.15) is 0 Å². The van der Waals surface area contributed by atoms with Crippen molar-refractivity contribution < 1.29 is 14.1 Å². The number of pyridine rings is 1. The van der Waals surface area contributed by atoms with E-state index < -0.39 is 0 Å². The molecule has 0 atom stereocenters. The molecule has 0 radical (unpaired) electrons. The Bertz CT molecular complexity index is 634. The summed E-state index contributed by atoms with van der Waals surface area (Å²) in [5, 5.41) is 6.32. The average Bonchev–Trinajstić information content (AvgIpc) is 2.92. The maximum absolute atomic E-state index is 11.6. The predicted molar refractivity (Wildman–Crippen MR) is 68.7 cm³/mol. The molecule has 0 fully saturated rings. The second-order valence-electron chi connectivity index (χ2n) is 3.94. The number of methoxy groups -OCH3 is 1. The van der Waals surface area contributed by atoms with Gasteiger partial charge in [-0.15, -0.1) is 0 Å². The van der Waals surface area contributed by atoms with Crippen molar-refractivity contribution in [3.05, 3.63) is 34.6 Å². The van der Waals surface area contributed by atoms with Crippen molar-refractivity contribution >= 4 is 5.91 Å². The highest BCUT2D eigenvalue weighted by atomic mass is 16.5. The molecular formula is C12H14N4O4. The number of hydrogen-bond donors (Lipinski definition) is 2. The molecule has 8 heteroatoms. The van der Waals surface area contributed by atoms with Crippen molar-refractivity contribution in [2.45, 2.75) is 13.0 Å². The second kappa shape index (κ2) is 6.62. The first kappa shape index (κ1) is 13.9. The highest BCUT2D eigenvalue weighted by Gasteiger charge is 2.12. The molecule has 20 heavy (non-hydrogen) atoms. The van der Waals surface area contributed by atoms with Crippen LogP contribution in [0.4, 0.5) is 0 Å². The maximum Gasteiger partial charge on any atom is 0.259 e. The molecule has 8 nitrogen and oxygen atoms in total. The molecule has 2 aromatic rings. The van der Waals surface area contributed by atoms with Gasteiger partial charge in [-0.1, -0.05) is 5.16 Å². The third-order valence-corrected chi connectivity index (χ3v) is 2.50. The highest BCUT2D eigenvalue weighted by molar-refractivity contribution is 5.75. The summed E-state index contributed by atoms with van der Waals surface area (Å²) in [6, 6.07) is 3.25. The van der Waals surface area contributed by atoms with Gasteiger partial charge in [0.25, 0.3) is 5.56 Å². The minimum atomic E-state index is -0.302. The van der Waals surface area contributed by atoms with Crippen LogP contribution in [0.25, 0.3) is 11.4 Å². The van der Waals surface area contributed by atoms with Gasteiger partial charge in [-0.3, -0.25) is 9.59 Å². The molecule has 2 rings (SSSR count). The molecule has 0 bridgehead atoms. The van der Waals surface area contributed by atoms with Gasteiger partial charge >= 0.3 is 0 Å². The molecule has 2 heterocycles. The molecule has 0 spiro atoms. The Balaban J connectivity index is 1.98. The monoisotopic (exact) mass is 278 g/mol. The van der Waals surface area contributed by atoms with E-state index in [4.69, 9.17) is 9.26 Å². The zero-order chi connectivity index (χ0) is 14.4. The van der Waals surface area contributed by atoms with Crippen LogP contribution in [0, 0.1) is 0 Å². The van der Waals surface area contributed by atoms with Crippen LogP contribution in [0.5, 0.6) is 0 Å². The Kier molecular flexibility index (Phi) is 4.61. The average molecular weight is 278 g/mol. The van der Waals surface area contributed by atoms with Crippen molar-refractivity contribution in [2.24, 2.45) is 0 Å². The minimum Gasteiger partial charge on any atom is -0.384 e. The number of aromatic nitrogens is 3. The summed E-state index contributed by atoms with van der Waals surface area (Å²) in [7, 11) is 1.52. The molecular weight excluding hydrogens is 264 g/mol. The van der Waals surface area contributed by atoms with Gasteiger partial charge in [0.15, 0.2) is 0 Å². The number of rotatable bonds is 6. The van der Waals surface area contributed by atoms with Gasteiger partial charge in [-0.25, -0.2) is 0 Å². The van der Waals surface area contributed by atoms with Gasteiger partial charge in [0.2, 0.25) is 17.6 Å². The Labute approximate surface area is 114 Å². The zero-order valence-corrected chi connectivity index (χ0v) is 10.9. The quantitative estimate of drug-likeness (QED) is 0.774. The number of H-pyrrole nitrogens is 1. The molecule has 0 saturated carbocycles. The summed E-state index contributed by atoms with van der Waals surface area (Å²) in [4.78, 5) is 29.5. The predicted octanol–water partition coefficient (Wildman–Crippen LogP) is 0.0776. The van der Waals surface area contributed by atoms with E-state index in [0.29, 0.717) is 12.2 Å². The van der Waals surface area contributed by atoms with E-state index in [1.807, 2.05) is 0 Å². The van der Waals surface area contributed by atoms with E-state index in [1.54, 1.807) is 12.1 Å². The molecule has 0 aliphatic carbocycles. The van der Waals surface area contributed by atoms with E-state index in [-0.39, 0.29) is 36.1 Å². The van der Waals surface area contributed by atoms with E-state index in [0.717, 1.165) is 0 Å². The van der Waals surface area contributed by atoms with Gasteiger partial charge < -0.3 is 19.6 Å². The van der Waals surface area contributed by atoms with Gasteiger partial charge in [0, 0.05) is 19.7 Å². The Morgan fingerprint density at radius 2 is 2.40 bits per heavy atom. The number of carbonyl (C=O) groups is 1.